The zero-order valence-electron chi connectivity index (χ0n) is 40.7. The second-order valence-electron chi connectivity index (χ2n) is 15.6. The van der Waals surface area contributed by atoms with Gasteiger partial charge < -0.3 is 14.2 Å². The number of unbranched alkanes of at least 4 members (excludes halogenated alkanes) is 6. The monoisotopic (exact) mass is 879 g/mol. The molecule has 0 radical (unpaired) electrons. The lowest BCUT2D eigenvalue weighted by atomic mass is 10.1. The van der Waals surface area contributed by atoms with E-state index in [9.17, 15) is 9.59 Å². The first-order valence-corrected chi connectivity index (χ1v) is 25.0. The molecular weight excluding hydrogens is 789 g/mol. The predicted octanol–water partition coefficient (Wildman–Crippen LogP) is 17.1. The van der Waals surface area contributed by atoms with Gasteiger partial charge in [-0.25, -0.2) is 0 Å². The van der Waals surface area contributed by atoms with Crippen molar-refractivity contribution in [3.05, 3.63) is 158 Å². The van der Waals surface area contributed by atoms with Gasteiger partial charge in [-0.05, 0) is 122 Å². The second kappa shape index (κ2) is 52.9. The van der Waals surface area contributed by atoms with E-state index in [4.69, 9.17) is 14.2 Å². The summed E-state index contributed by atoms with van der Waals surface area (Å²) in [6.07, 6.45) is 78.4. The molecule has 0 bridgehead atoms. The number of ether oxygens (including phenoxy) is 3. The summed E-state index contributed by atoms with van der Waals surface area (Å²) < 4.78 is 17.2. The normalized spacial score (nSPS) is 13.6. The molecule has 1 unspecified atom stereocenters. The number of allylic oxidation sites excluding steroid dienone is 26. The first kappa shape index (κ1) is 59.5. The fourth-order valence-corrected chi connectivity index (χ4v) is 5.96. The van der Waals surface area contributed by atoms with E-state index in [1.54, 1.807) is 0 Å². The largest absolute Gasteiger partial charge is 0.462 e. The van der Waals surface area contributed by atoms with E-state index in [0.717, 1.165) is 109 Å². The number of esters is 2. The smallest absolute Gasteiger partial charge is 0.306 e. The third kappa shape index (κ3) is 50.2. The van der Waals surface area contributed by atoms with Crippen molar-refractivity contribution in [2.75, 3.05) is 19.8 Å². The third-order valence-corrected chi connectivity index (χ3v) is 9.55. The molecule has 0 rings (SSSR count). The van der Waals surface area contributed by atoms with Crippen LogP contribution in [0.4, 0.5) is 0 Å². The Labute approximate surface area is 393 Å². The van der Waals surface area contributed by atoms with E-state index < -0.39 is 6.10 Å². The van der Waals surface area contributed by atoms with Crippen molar-refractivity contribution in [2.24, 2.45) is 0 Å². The number of hydrogen-bond acceptors (Lipinski definition) is 5. The van der Waals surface area contributed by atoms with Gasteiger partial charge in [0.15, 0.2) is 6.10 Å². The van der Waals surface area contributed by atoms with Crippen molar-refractivity contribution in [3.8, 4) is 0 Å². The lowest BCUT2D eigenvalue weighted by Crippen LogP contribution is -2.30. The molecule has 5 heteroatoms. The van der Waals surface area contributed by atoms with Gasteiger partial charge in [-0.2, -0.15) is 0 Å². The molecule has 0 aliphatic carbocycles. The minimum absolute atomic E-state index is 0.00745. The highest BCUT2D eigenvalue weighted by Crippen LogP contribution is 2.09. The Kier molecular flexibility index (Phi) is 49.2. The van der Waals surface area contributed by atoms with Gasteiger partial charge in [0.25, 0.3) is 0 Å². The predicted molar refractivity (Wildman–Crippen MR) is 278 cm³/mol. The molecule has 0 amide bonds. The van der Waals surface area contributed by atoms with Crippen LogP contribution in [0.5, 0.6) is 0 Å². The summed E-state index contributed by atoms with van der Waals surface area (Å²) in [6, 6.07) is 0. The maximum absolute atomic E-state index is 12.7. The molecule has 64 heavy (non-hydrogen) atoms. The van der Waals surface area contributed by atoms with Crippen LogP contribution >= 0.6 is 0 Å². The molecule has 0 saturated carbocycles. The van der Waals surface area contributed by atoms with Crippen LogP contribution in [0.3, 0.4) is 0 Å². The van der Waals surface area contributed by atoms with E-state index in [-0.39, 0.29) is 31.6 Å². The van der Waals surface area contributed by atoms with E-state index in [1.165, 1.54) is 19.3 Å². The molecule has 0 spiro atoms. The van der Waals surface area contributed by atoms with Gasteiger partial charge in [-0.15, -0.1) is 0 Å². The quantitative estimate of drug-likeness (QED) is 0.0347. The zero-order valence-corrected chi connectivity index (χ0v) is 40.7. The van der Waals surface area contributed by atoms with Crippen molar-refractivity contribution in [1.82, 2.24) is 0 Å². The summed E-state index contributed by atoms with van der Waals surface area (Å²) in [6.45, 7) is 7.27. The van der Waals surface area contributed by atoms with Crippen LogP contribution in [0.2, 0.25) is 0 Å². The van der Waals surface area contributed by atoms with Crippen molar-refractivity contribution in [2.45, 2.75) is 181 Å². The highest BCUT2D eigenvalue weighted by molar-refractivity contribution is 5.70. The van der Waals surface area contributed by atoms with Gasteiger partial charge in [0.2, 0.25) is 0 Å². The molecule has 5 nitrogen and oxygen atoms in total. The Morgan fingerprint density at radius 2 is 0.688 bits per heavy atom. The highest BCUT2D eigenvalue weighted by atomic mass is 16.6. The van der Waals surface area contributed by atoms with Crippen LogP contribution in [0.1, 0.15) is 175 Å². The summed E-state index contributed by atoms with van der Waals surface area (Å²) >= 11 is 0. The van der Waals surface area contributed by atoms with Crippen molar-refractivity contribution in [3.63, 3.8) is 0 Å². The maximum Gasteiger partial charge on any atom is 0.306 e. The summed E-state index contributed by atoms with van der Waals surface area (Å²) in [4.78, 5) is 25.3. The van der Waals surface area contributed by atoms with Crippen LogP contribution in [0.15, 0.2) is 158 Å². The molecule has 0 saturated heterocycles. The number of hydrogen-bond donors (Lipinski definition) is 0. The average molecular weight is 879 g/mol. The second-order valence-corrected chi connectivity index (χ2v) is 15.6. The lowest BCUT2D eigenvalue weighted by molar-refractivity contribution is -0.162. The molecule has 0 aliphatic heterocycles. The van der Waals surface area contributed by atoms with Gasteiger partial charge in [-0.1, -0.05) is 198 Å². The van der Waals surface area contributed by atoms with Crippen molar-refractivity contribution >= 4 is 11.9 Å². The molecule has 1 atom stereocenters. The van der Waals surface area contributed by atoms with E-state index >= 15 is 0 Å². The highest BCUT2D eigenvalue weighted by Gasteiger charge is 2.17. The maximum atomic E-state index is 12.7. The van der Waals surface area contributed by atoms with Gasteiger partial charge in [0.05, 0.1) is 6.61 Å². The molecule has 0 fully saturated rings. The minimum atomic E-state index is -0.620. The molecule has 0 aromatic heterocycles. The molecule has 0 aliphatic rings. The van der Waals surface area contributed by atoms with Crippen LogP contribution in [-0.4, -0.2) is 37.9 Å². The van der Waals surface area contributed by atoms with Crippen LogP contribution in [0.25, 0.3) is 0 Å². The van der Waals surface area contributed by atoms with Gasteiger partial charge >= 0.3 is 11.9 Å². The number of carbonyl (C=O) groups excluding carboxylic acids is 2. The first-order valence-electron chi connectivity index (χ1n) is 25.0. The van der Waals surface area contributed by atoms with Gasteiger partial charge in [-0.3, -0.25) is 9.59 Å². The van der Waals surface area contributed by atoms with E-state index in [2.05, 4.69) is 173 Å². The Hall–Kier alpha value is -4.48. The van der Waals surface area contributed by atoms with E-state index in [1.807, 2.05) is 6.08 Å². The Balaban J connectivity index is 4.52. The van der Waals surface area contributed by atoms with Crippen molar-refractivity contribution in [1.29, 1.82) is 0 Å². The summed E-state index contributed by atoms with van der Waals surface area (Å²) in [7, 11) is 0. The van der Waals surface area contributed by atoms with Crippen LogP contribution in [-0.2, 0) is 23.8 Å². The lowest BCUT2D eigenvalue weighted by Gasteiger charge is -2.18. The van der Waals surface area contributed by atoms with Gasteiger partial charge in [0.1, 0.15) is 6.61 Å². The molecular formula is C59H90O5. The summed E-state index contributed by atoms with van der Waals surface area (Å²) in [5.41, 5.74) is 0. The Morgan fingerprint density at radius 3 is 1.11 bits per heavy atom. The topological polar surface area (TPSA) is 61.8 Å². The average Bonchev–Trinajstić information content (AvgIpc) is 3.30. The molecule has 0 aromatic rings. The summed E-state index contributed by atoms with van der Waals surface area (Å²) in [5, 5.41) is 0. The first-order chi connectivity index (χ1) is 31.6. The summed E-state index contributed by atoms with van der Waals surface area (Å²) in [5.74, 6) is -0.586. The van der Waals surface area contributed by atoms with E-state index in [0.29, 0.717) is 25.9 Å². The van der Waals surface area contributed by atoms with Crippen molar-refractivity contribution < 1.29 is 23.8 Å². The molecule has 0 aromatic carbocycles. The molecule has 356 valence electrons. The standard InChI is InChI=1S/C59H90O5/c1-4-7-10-13-16-19-22-25-27-29-31-33-36-39-42-45-48-51-54-62-55-57(64-59(61)53-50-47-44-41-38-34-24-21-18-15-12-9-6-3)56-63-58(60)52-49-46-43-40-37-35-32-30-28-26-23-20-17-14-11-8-5-2/h7-12,16-21,25-28,31-35,38,40,43-44,47,57H,4-6,13-15,22-24,29-30,36-37,39,41-42,45-46,48-56H2,1-3H3/b10-7-,11-8-,12-9-,19-16-,20-17-,21-18-,27-25-,28-26-,33-31-,35-32-,38-34-,43-40-,47-44-. The van der Waals surface area contributed by atoms with Crippen LogP contribution < -0.4 is 0 Å². The number of rotatable bonds is 43. The third-order valence-electron chi connectivity index (χ3n) is 9.55. The zero-order chi connectivity index (χ0) is 46.3. The molecule has 0 heterocycles. The minimum Gasteiger partial charge on any atom is -0.462 e. The SMILES string of the molecule is CC/C=C\C/C=C\C/C=C\C/C=C\C/C=C\CCCC(=O)OCC(COCCCCCCC/C=C\C/C=C\C/C=C\C/C=C\CC)OC(=O)CC/C=C\C/C=C\C/C=C\C/C=C\CC. The van der Waals surface area contributed by atoms with Gasteiger partial charge in [0, 0.05) is 19.4 Å². The Bertz CT molecular complexity index is 1460. The molecule has 0 N–H and O–H groups in total. The fourth-order valence-electron chi connectivity index (χ4n) is 5.96. The fraction of sp³-hybridized carbons (Fsp3) is 0.525. The number of carbonyl (C=O) groups is 2. The van der Waals surface area contributed by atoms with Crippen LogP contribution in [0, 0.1) is 0 Å². The Morgan fingerprint density at radius 1 is 0.344 bits per heavy atom.